The number of nitrogen functional groups attached to an aromatic ring is 1. The van der Waals surface area contributed by atoms with Crippen LogP contribution >= 0.6 is 0 Å². The lowest BCUT2D eigenvalue weighted by Gasteiger charge is -2.36. The van der Waals surface area contributed by atoms with Crippen LogP contribution in [0, 0.1) is 0 Å². The molecule has 0 amide bonds. The highest BCUT2D eigenvalue weighted by molar-refractivity contribution is 5.87. The number of pyridine rings is 1. The fourth-order valence-electron chi connectivity index (χ4n) is 3.00. The zero-order chi connectivity index (χ0) is 13.1. The van der Waals surface area contributed by atoms with Crippen molar-refractivity contribution in [2.75, 3.05) is 10.6 Å². The Morgan fingerprint density at radius 3 is 2.84 bits per heavy atom. The number of rotatable bonds is 1. The van der Waals surface area contributed by atoms with Crippen molar-refractivity contribution >= 4 is 11.5 Å². The smallest absolute Gasteiger partial charge is 0.147 e. The van der Waals surface area contributed by atoms with Gasteiger partial charge in [-0.3, -0.25) is 0 Å². The molecule has 0 saturated heterocycles. The molecule has 19 heavy (non-hydrogen) atoms. The summed E-state index contributed by atoms with van der Waals surface area (Å²) >= 11 is 0. The number of hydrogen-bond donors (Lipinski definition) is 1. The zero-order valence-electron chi connectivity index (χ0n) is 11.0. The summed E-state index contributed by atoms with van der Waals surface area (Å²) in [7, 11) is 1.86. The van der Waals surface area contributed by atoms with Gasteiger partial charge in [0.15, 0.2) is 0 Å². The number of aromatic nitrogens is 4. The Bertz CT molecular complexity index is 657. The van der Waals surface area contributed by atoms with Gasteiger partial charge in [0.2, 0.25) is 0 Å². The quantitative estimate of drug-likeness (QED) is 0.837. The first-order valence-electron chi connectivity index (χ1n) is 6.61. The van der Waals surface area contributed by atoms with E-state index in [4.69, 9.17) is 5.73 Å². The molecule has 98 valence electrons. The second-order valence-electron chi connectivity index (χ2n) is 5.33. The summed E-state index contributed by atoms with van der Waals surface area (Å²) < 4.78 is 0. The maximum Gasteiger partial charge on any atom is 0.147 e. The molecular formula is C13H16N6. The van der Waals surface area contributed by atoms with E-state index in [2.05, 4.69) is 27.0 Å². The molecule has 1 aliphatic carbocycles. The molecule has 0 radical (unpaired) electrons. The fourth-order valence-corrected chi connectivity index (χ4v) is 3.00. The third-order valence-corrected chi connectivity index (χ3v) is 3.96. The Labute approximate surface area is 111 Å². The third-order valence-electron chi connectivity index (χ3n) is 3.96. The number of fused-ring (bicyclic) bond motifs is 3. The van der Waals surface area contributed by atoms with Crippen molar-refractivity contribution in [3.63, 3.8) is 0 Å². The maximum absolute atomic E-state index is 6.12. The zero-order valence-corrected chi connectivity index (χ0v) is 11.0. The first-order valence-corrected chi connectivity index (χ1v) is 6.61. The highest BCUT2D eigenvalue weighted by atomic mass is 15.5. The molecule has 1 fully saturated rings. The average Bonchev–Trinajstić information content (AvgIpc) is 3.12. The van der Waals surface area contributed by atoms with Crippen molar-refractivity contribution in [3.05, 3.63) is 18.0 Å². The molecule has 0 spiro atoms. The second kappa shape index (κ2) is 3.46. The van der Waals surface area contributed by atoms with Crippen LogP contribution < -0.4 is 10.6 Å². The molecule has 4 rings (SSSR count). The van der Waals surface area contributed by atoms with Crippen molar-refractivity contribution in [2.24, 2.45) is 7.05 Å². The van der Waals surface area contributed by atoms with Crippen LogP contribution in [0.15, 0.2) is 12.3 Å². The van der Waals surface area contributed by atoms with Gasteiger partial charge >= 0.3 is 0 Å². The minimum atomic E-state index is 0.204. The van der Waals surface area contributed by atoms with E-state index in [0.29, 0.717) is 11.9 Å². The molecule has 1 aliphatic heterocycles. The van der Waals surface area contributed by atoms with E-state index < -0.39 is 0 Å². The molecule has 2 aliphatic rings. The van der Waals surface area contributed by atoms with Crippen LogP contribution in [0.4, 0.5) is 11.5 Å². The molecule has 6 nitrogen and oxygen atoms in total. The third kappa shape index (κ3) is 1.39. The fraction of sp³-hybridized carbons (Fsp3) is 0.462. The Kier molecular flexibility index (Phi) is 1.97. The van der Waals surface area contributed by atoms with E-state index in [1.807, 2.05) is 13.1 Å². The standard InChI is InChI=1S/C13H16N6/c1-7-10-11(17-18(2)16-10)9-5-6-15-13(14)12(9)19(7)8-3-4-8/h5-8H,3-4H2,1-2H3,(H2,14,15). The van der Waals surface area contributed by atoms with Gasteiger partial charge in [-0.1, -0.05) is 0 Å². The van der Waals surface area contributed by atoms with Gasteiger partial charge in [0.1, 0.15) is 17.2 Å². The molecule has 0 bridgehead atoms. The largest absolute Gasteiger partial charge is 0.382 e. The Morgan fingerprint density at radius 1 is 1.32 bits per heavy atom. The highest BCUT2D eigenvalue weighted by Crippen LogP contribution is 2.49. The van der Waals surface area contributed by atoms with E-state index in [-0.39, 0.29) is 6.04 Å². The average molecular weight is 256 g/mol. The van der Waals surface area contributed by atoms with Crippen molar-refractivity contribution in [1.29, 1.82) is 0 Å². The number of nitrogens with zero attached hydrogens (tertiary/aromatic N) is 5. The summed E-state index contributed by atoms with van der Waals surface area (Å²) in [5.74, 6) is 0.590. The summed E-state index contributed by atoms with van der Waals surface area (Å²) in [6.45, 7) is 2.17. The number of nitrogens with two attached hydrogens (primary N) is 1. The number of aryl methyl sites for hydroxylation is 1. The lowest BCUT2D eigenvalue weighted by Crippen LogP contribution is -2.33. The van der Waals surface area contributed by atoms with Gasteiger partial charge in [0, 0.05) is 24.8 Å². The number of hydrogen-bond acceptors (Lipinski definition) is 5. The first-order chi connectivity index (χ1) is 9.16. The molecule has 2 aromatic rings. The van der Waals surface area contributed by atoms with E-state index in [1.165, 1.54) is 12.8 Å². The molecule has 1 unspecified atom stereocenters. The summed E-state index contributed by atoms with van der Waals surface area (Å²) in [6, 6.07) is 2.76. The van der Waals surface area contributed by atoms with E-state index in [9.17, 15) is 0 Å². The van der Waals surface area contributed by atoms with Gasteiger partial charge in [-0.25, -0.2) is 4.98 Å². The lowest BCUT2D eigenvalue weighted by atomic mass is 9.98. The summed E-state index contributed by atoms with van der Waals surface area (Å²) in [6.07, 6.45) is 4.18. The maximum atomic E-state index is 6.12. The van der Waals surface area contributed by atoms with Crippen LogP contribution in [0.2, 0.25) is 0 Å². The molecule has 1 saturated carbocycles. The Balaban J connectivity index is 2.01. The monoisotopic (exact) mass is 256 g/mol. The summed E-state index contributed by atoms with van der Waals surface area (Å²) in [5.41, 5.74) is 10.2. The van der Waals surface area contributed by atoms with Gasteiger partial charge in [0.25, 0.3) is 0 Å². The van der Waals surface area contributed by atoms with Crippen molar-refractivity contribution in [3.8, 4) is 11.3 Å². The molecule has 2 aromatic heterocycles. The predicted octanol–water partition coefficient (Wildman–Crippen LogP) is 1.50. The SMILES string of the molecule is CC1c2nn(C)nc2-c2ccnc(N)c2N1C1CC1. The van der Waals surface area contributed by atoms with Crippen molar-refractivity contribution in [2.45, 2.75) is 31.8 Å². The lowest BCUT2D eigenvalue weighted by molar-refractivity contribution is 0.605. The first kappa shape index (κ1) is 10.8. The molecule has 1 atom stereocenters. The molecule has 3 heterocycles. The highest BCUT2D eigenvalue weighted by Gasteiger charge is 2.41. The molecule has 6 heteroatoms. The van der Waals surface area contributed by atoms with Gasteiger partial charge < -0.3 is 10.6 Å². The van der Waals surface area contributed by atoms with Crippen LogP contribution in [-0.2, 0) is 7.05 Å². The van der Waals surface area contributed by atoms with Gasteiger partial charge in [-0.05, 0) is 25.8 Å². The normalized spacial score (nSPS) is 21.2. The van der Waals surface area contributed by atoms with Crippen LogP contribution in [-0.4, -0.2) is 26.0 Å². The predicted molar refractivity (Wildman–Crippen MR) is 72.6 cm³/mol. The Morgan fingerprint density at radius 2 is 2.11 bits per heavy atom. The van der Waals surface area contributed by atoms with E-state index in [0.717, 1.165) is 22.6 Å². The molecule has 2 N–H and O–H groups in total. The van der Waals surface area contributed by atoms with Crippen LogP contribution in [0.5, 0.6) is 0 Å². The number of anilines is 2. The minimum absolute atomic E-state index is 0.204. The summed E-state index contributed by atoms with van der Waals surface area (Å²) in [4.78, 5) is 8.25. The van der Waals surface area contributed by atoms with Crippen LogP contribution in [0.1, 0.15) is 31.5 Å². The van der Waals surface area contributed by atoms with E-state index >= 15 is 0 Å². The second-order valence-corrected chi connectivity index (χ2v) is 5.33. The van der Waals surface area contributed by atoms with E-state index in [1.54, 1.807) is 11.0 Å². The van der Waals surface area contributed by atoms with Crippen molar-refractivity contribution < 1.29 is 0 Å². The molecule has 0 aromatic carbocycles. The van der Waals surface area contributed by atoms with Crippen LogP contribution in [0.3, 0.4) is 0 Å². The summed E-state index contributed by atoms with van der Waals surface area (Å²) in [5, 5.41) is 9.02. The van der Waals surface area contributed by atoms with Gasteiger partial charge in [-0.2, -0.15) is 15.0 Å². The minimum Gasteiger partial charge on any atom is -0.382 e. The Hall–Kier alpha value is -2.11. The topological polar surface area (TPSA) is 72.9 Å². The van der Waals surface area contributed by atoms with Crippen molar-refractivity contribution in [1.82, 2.24) is 20.0 Å². The molecular weight excluding hydrogens is 240 g/mol. The van der Waals surface area contributed by atoms with Gasteiger partial charge in [0.05, 0.1) is 11.7 Å². The van der Waals surface area contributed by atoms with Crippen LogP contribution in [0.25, 0.3) is 11.3 Å². The van der Waals surface area contributed by atoms with Gasteiger partial charge in [-0.15, -0.1) is 0 Å².